The molecule has 7 N–H and O–H groups in total. The molecule has 0 amide bonds. The Bertz CT molecular complexity index is 1360. The Kier molecular flexibility index (Phi) is 5.42. The first-order valence-corrected chi connectivity index (χ1v) is 11.1. The molecule has 0 spiro atoms. The number of aliphatic hydroxyl groups excluding tert-OH is 1. The Morgan fingerprint density at radius 3 is 1.69 bits per heavy atom. The normalized spacial score (nSPS) is 19.9. The van der Waals surface area contributed by atoms with Crippen molar-refractivity contribution in [3.8, 4) is 34.5 Å². The zero-order chi connectivity index (χ0) is 24.9. The number of aliphatic hydroxyl groups is 1. The highest BCUT2D eigenvalue weighted by Gasteiger charge is 2.47. The van der Waals surface area contributed by atoms with Gasteiger partial charge in [-0.2, -0.15) is 0 Å². The van der Waals surface area contributed by atoms with Gasteiger partial charge in [-0.25, -0.2) is 0 Å². The van der Waals surface area contributed by atoms with Gasteiger partial charge in [0, 0.05) is 35.4 Å². The molecule has 0 bridgehead atoms. The minimum Gasteiger partial charge on any atom is -0.508 e. The lowest BCUT2D eigenvalue weighted by Gasteiger charge is -2.30. The van der Waals surface area contributed by atoms with E-state index in [0.717, 1.165) is 5.56 Å². The summed E-state index contributed by atoms with van der Waals surface area (Å²) in [6.45, 7) is 0. The topological polar surface area (TPSA) is 142 Å². The molecule has 0 saturated heterocycles. The van der Waals surface area contributed by atoms with E-state index in [4.69, 9.17) is 0 Å². The van der Waals surface area contributed by atoms with Gasteiger partial charge in [-0.3, -0.25) is 0 Å². The fraction of sp³-hybridized carbons (Fsp3) is 0.143. The second-order valence-electron chi connectivity index (χ2n) is 8.91. The van der Waals surface area contributed by atoms with Crippen LogP contribution in [0.4, 0.5) is 0 Å². The van der Waals surface area contributed by atoms with Gasteiger partial charge in [0.1, 0.15) is 34.5 Å². The smallest absolute Gasteiger partial charge is 0.123 e. The molecule has 0 aromatic heterocycles. The van der Waals surface area contributed by atoms with Crippen LogP contribution in [-0.2, 0) is 0 Å². The third-order valence-electron chi connectivity index (χ3n) is 6.73. The Morgan fingerprint density at radius 2 is 1.09 bits per heavy atom. The van der Waals surface area contributed by atoms with Gasteiger partial charge in [-0.05, 0) is 64.7 Å². The van der Waals surface area contributed by atoms with Gasteiger partial charge in [0.2, 0.25) is 0 Å². The third kappa shape index (κ3) is 3.96. The first kappa shape index (κ1) is 22.4. The van der Waals surface area contributed by atoms with E-state index >= 15 is 0 Å². The maximum Gasteiger partial charge on any atom is 0.123 e. The van der Waals surface area contributed by atoms with Crippen LogP contribution in [-0.4, -0.2) is 35.7 Å². The molecule has 1 aliphatic rings. The van der Waals surface area contributed by atoms with Crippen molar-refractivity contribution in [2.75, 3.05) is 0 Å². The first-order valence-electron chi connectivity index (χ1n) is 11.1. The Balaban J connectivity index is 1.79. The van der Waals surface area contributed by atoms with Gasteiger partial charge in [-0.15, -0.1) is 0 Å². The number of phenolic OH excluding ortho intramolecular Hbond substituents is 6. The fourth-order valence-electron chi connectivity index (χ4n) is 5.35. The maximum absolute atomic E-state index is 11.6. The molecule has 0 heterocycles. The van der Waals surface area contributed by atoms with E-state index in [0.29, 0.717) is 22.3 Å². The van der Waals surface area contributed by atoms with E-state index in [2.05, 4.69) is 0 Å². The number of fused-ring (bicyclic) bond motifs is 1. The SMILES string of the molecule is Oc1ccc([C@@H]2c3c(O)cc(O)cc3[C@@H]([C@@H](O)c3ccc(O)cc3)[C@H]2c2cc(O)cc(O)c2)cc1. The molecule has 35 heavy (non-hydrogen) atoms. The van der Waals surface area contributed by atoms with Crippen molar-refractivity contribution in [2.45, 2.75) is 23.9 Å². The van der Waals surface area contributed by atoms with Crippen LogP contribution in [0, 0.1) is 0 Å². The highest BCUT2D eigenvalue weighted by Crippen LogP contribution is 2.61. The molecule has 0 unspecified atom stereocenters. The monoisotopic (exact) mass is 472 g/mol. The highest BCUT2D eigenvalue weighted by atomic mass is 16.3. The lowest BCUT2D eigenvalue weighted by atomic mass is 9.75. The summed E-state index contributed by atoms with van der Waals surface area (Å²) in [5.74, 6) is -2.41. The van der Waals surface area contributed by atoms with Crippen LogP contribution in [0.15, 0.2) is 78.9 Å². The molecule has 4 aromatic carbocycles. The summed E-state index contributed by atoms with van der Waals surface area (Å²) in [4.78, 5) is 0. The Hall–Kier alpha value is -4.36. The van der Waals surface area contributed by atoms with Crippen molar-refractivity contribution in [1.29, 1.82) is 0 Å². The van der Waals surface area contributed by atoms with Crippen LogP contribution < -0.4 is 0 Å². The van der Waals surface area contributed by atoms with E-state index < -0.39 is 23.9 Å². The van der Waals surface area contributed by atoms with E-state index in [1.807, 2.05) is 0 Å². The largest absolute Gasteiger partial charge is 0.508 e. The summed E-state index contributed by atoms with van der Waals surface area (Å²) in [6.07, 6.45) is -1.13. The van der Waals surface area contributed by atoms with Gasteiger partial charge < -0.3 is 35.7 Å². The summed E-state index contributed by atoms with van der Waals surface area (Å²) in [6, 6.07) is 19.5. The van der Waals surface area contributed by atoms with Crippen LogP contribution in [0.5, 0.6) is 34.5 Å². The zero-order valence-electron chi connectivity index (χ0n) is 18.4. The molecule has 0 radical (unpaired) electrons. The Morgan fingerprint density at radius 1 is 0.543 bits per heavy atom. The van der Waals surface area contributed by atoms with E-state index in [9.17, 15) is 35.7 Å². The summed E-state index contributed by atoms with van der Waals surface area (Å²) >= 11 is 0. The molecule has 0 saturated carbocycles. The number of aromatic hydroxyl groups is 6. The number of benzene rings is 4. The first-order chi connectivity index (χ1) is 16.7. The molecule has 0 fully saturated rings. The lowest BCUT2D eigenvalue weighted by Crippen LogP contribution is -2.18. The summed E-state index contributed by atoms with van der Waals surface area (Å²) in [5.41, 5.74) is 2.73. The van der Waals surface area contributed by atoms with Gasteiger partial charge in [0.05, 0.1) is 6.10 Å². The van der Waals surface area contributed by atoms with E-state index in [1.165, 1.54) is 54.6 Å². The molecular weight excluding hydrogens is 448 g/mol. The van der Waals surface area contributed by atoms with Gasteiger partial charge in [-0.1, -0.05) is 24.3 Å². The molecule has 4 aromatic rings. The number of hydrogen-bond donors (Lipinski definition) is 7. The number of phenols is 6. The molecule has 7 heteroatoms. The van der Waals surface area contributed by atoms with Crippen LogP contribution in [0.1, 0.15) is 51.7 Å². The summed E-state index contributed by atoms with van der Waals surface area (Å²) in [5, 5.41) is 73.0. The predicted octanol–water partition coefficient (Wildman–Crippen LogP) is 4.67. The van der Waals surface area contributed by atoms with Gasteiger partial charge in [0.25, 0.3) is 0 Å². The average molecular weight is 472 g/mol. The van der Waals surface area contributed by atoms with Crippen LogP contribution in [0.25, 0.3) is 0 Å². The van der Waals surface area contributed by atoms with Crippen LogP contribution in [0.3, 0.4) is 0 Å². The van der Waals surface area contributed by atoms with E-state index in [1.54, 1.807) is 24.3 Å². The standard InChI is InChI=1S/C28H24O7/c29-17-5-1-14(2-6-17)24-25(16-9-19(31)11-20(32)10-16)27(22-12-21(33)13-23(34)26(22)24)28(35)15-3-7-18(30)8-4-15/h1-13,24-25,27-35H/t24-,25-,27+,28-/m0/s1. The maximum atomic E-state index is 11.6. The third-order valence-corrected chi connectivity index (χ3v) is 6.73. The highest BCUT2D eigenvalue weighted by molar-refractivity contribution is 5.60. The Labute approximate surface area is 201 Å². The van der Waals surface area contributed by atoms with Gasteiger partial charge in [0.15, 0.2) is 0 Å². The fourth-order valence-corrected chi connectivity index (χ4v) is 5.35. The minimum atomic E-state index is -1.13. The van der Waals surface area contributed by atoms with Crippen molar-refractivity contribution >= 4 is 0 Å². The second-order valence-corrected chi connectivity index (χ2v) is 8.91. The molecule has 4 atom stereocenters. The van der Waals surface area contributed by atoms with Crippen LogP contribution >= 0.6 is 0 Å². The quantitative estimate of drug-likeness (QED) is 0.229. The average Bonchev–Trinajstić information content (AvgIpc) is 3.14. The van der Waals surface area contributed by atoms with Crippen molar-refractivity contribution in [3.63, 3.8) is 0 Å². The predicted molar refractivity (Wildman–Crippen MR) is 128 cm³/mol. The molecule has 1 aliphatic carbocycles. The lowest BCUT2D eigenvalue weighted by molar-refractivity contribution is 0.134. The van der Waals surface area contributed by atoms with E-state index in [-0.39, 0.29) is 34.5 Å². The summed E-state index contributed by atoms with van der Waals surface area (Å²) < 4.78 is 0. The molecular formula is C28H24O7. The zero-order valence-corrected chi connectivity index (χ0v) is 18.4. The molecule has 178 valence electrons. The summed E-state index contributed by atoms with van der Waals surface area (Å²) in [7, 11) is 0. The van der Waals surface area contributed by atoms with Gasteiger partial charge >= 0.3 is 0 Å². The van der Waals surface area contributed by atoms with Crippen molar-refractivity contribution in [3.05, 3.63) is 107 Å². The number of rotatable bonds is 4. The second kappa shape index (κ2) is 8.45. The minimum absolute atomic E-state index is 0.0412. The van der Waals surface area contributed by atoms with Crippen molar-refractivity contribution in [2.24, 2.45) is 0 Å². The molecule has 5 rings (SSSR count). The van der Waals surface area contributed by atoms with Crippen LogP contribution in [0.2, 0.25) is 0 Å². The number of hydrogen-bond acceptors (Lipinski definition) is 7. The molecule has 7 nitrogen and oxygen atoms in total. The van der Waals surface area contributed by atoms with Crippen molar-refractivity contribution in [1.82, 2.24) is 0 Å². The molecule has 0 aliphatic heterocycles. The van der Waals surface area contributed by atoms with Crippen molar-refractivity contribution < 1.29 is 35.7 Å².